The molecule has 164 valence electrons. The van der Waals surface area contributed by atoms with Crippen molar-refractivity contribution in [2.24, 2.45) is 0 Å². The molecule has 7 heteroatoms. The Labute approximate surface area is 191 Å². The van der Waals surface area contributed by atoms with Gasteiger partial charge in [-0.1, -0.05) is 48.5 Å². The van der Waals surface area contributed by atoms with Crippen LogP contribution in [0.5, 0.6) is 0 Å². The number of carbonyl (C=O) groups excluding carboxylic acids is 2. The van der Waals surface area contributed by atoms with Crippen molar-refractivity contribution in [2.45, 2.75) is 26.1 Å². The Balaban J connectivity index is 1.29. The molecular weight excluding hydrogens is 414 g/mol. The van der Waals surface area contributed by atoms with Crippen LogP contribution < -0.4 is 10.2 Å². The fraction of sp³-hybridized carbons (Fsp3) is 0.154. The molecule has 4 aromatic rings. The normalized spacial score (nSPS) is 13.0. The number of rotatable bonds is 6. The summed E-state index contributed by atoms with van der Waals surface area (Å²) in [5.74, 6) is 0.716. The highest BCUT2D eigenvalue weighted by Crippen LogP contribution is 2.29. The van der Waals surface area contributed by atoms with Gasteiger partial charge in [0.2, 0.25) is 5.91 Å². The highest BCUT2D eigenvalue weighted by Gasteiger charge is 2.26. The molecule has 0 fully saturated rings. The summed E-state index contributed by atoms with van der Waals surface area (Å²) in [4.78, 5) is 31.0. The Bertz CT molecular complexity index is 1270. The number of aromatic nitrogens is 3. The van der Waals surface area contributed by atoms with Crippen molar-refractivity contribution in [1.29, 1.82) is 0 Å². The average molecular weight is 438 g/mol. The summed E-state index contributed by atoms with van der Waals surface area (Å²) in [6.07, 6.45) is 3.84. The first-order valence-electron chi connectivity index (χ1n) is 10.9. The molecule has 0 spiro atoms. The van der Waals surface area contributed by atoms with Gasteiger partial charge in [-0.05, 0) is 29.3 Å². The smallest absolute Gasteiger partial charge is 0.251 e. The van der Waals surface area contributed by atoms with E-state index in [0.717, 1.165) is 28.2 Å². The molecule has 2 aromatic carbocycles. The van der Waals surface area contributed by atoms with Gasteiger partial charge in [0.25, 0.3) is 5.91 Å². The fourth-order valence-electron chi connectivity index (χ4n) is 3.90. The number of nitrogens with one attached hydrogen (secondary N) is 1. The van der Waals surface area contributed by atoms with Crippen LogP contribution in [0.1, 0.15) is 27.9 Å². The largest absolute Gasteiger partial charge is 0.348 e. The Morgan fingerprint density at radius 3 is 2.55 bits per heavy atom. The Morgan fingerprint density at radius 2 is 1.79 bits per heavy atom. The minimum absolute atomic E-state index is 0.0697. The zero-order valence-electron chi connectivity index (χ0n) is 18.0. The van der Waals surface area contributed by atoms with Gasteiger partial charge < -0.3 is 5.32 Å². The molecule has 1 N–H and O–H groups in total. The first-order valence-corrected chi connectivity index (χ1v) is 10.9. The lowest BCUT2D eigenvalue weighted by Crippen LogP contribution is -2.36. The molecule has 1 aliphatic rings. The summed E-state index contributed by atoms with van der Waals surface area (Å²) in [6, 6.07) is 23.0. The molecular formula is C26H23N5O2. The van der Waals surface area contributed by atoms with E-state index in [-0.39, 0.29) is 11.8 Å². The van der Waals surface area contributed by atoms with E-state index in [2.05, 4.69) is 10.3 Å². The van der Waals surface area contributed by atoms with Gasteiger partial charge in [0.15, 0.2) is 0 Å². The first kappa shape index (κ1) is 20.6. The summed E-state index contributed by atoms with van der Waals surface area (Å²) in [7, 11) is 0. The molecule has 0 bridgehead atoms. The molecule has 0 saturated heterocycles. The number of anilines is 1. The maximum atomic E-state index is 12.7. The van der Waals surface area contributed by atoms with Gasteiger partial charge in [-0.2, -0.15) is 5.10 Å². The number of carbonyl (C=O) groups is 2. The predicted molar refractivity (Wildman–Crippen MR) is 125 cm³/mol. The molecule has 2 amide bonds. The van der Waals surface area contributed by atoms with Gasteiger partial charge in [-0.15, -0.1) is 0 Å². The zero-order chi connectivity index (χ0) is 22.6. The number of pyridine rings is 1. The van der Waals surface area contributed by atoms with Crippen molar-refractivity contribution in [3.8, 4) is 11.3 Å². The molecule has 0 unspecified atom stereocenters. The van der Waals surface area contributed by atoms with E-state index in [1.807, 2.05) is 65.3 Å². The lowest BCUT2D eigenvalue weighted by atomic mass is 10.1. The van der Waals surface area contributed by atoms with Crippen molar-refractivity contribution in [3.05, 3.63) is 102 Å². The molecule has 0 saturated carbocycles. The number of fused-ring (bicyclic) bond motifs is 1. The fourth-order valence-corrected chi connectivity index (χ4v) is 3.90. The molecule has 1 aliphatic heterocycles. The SMILES string of the molecule is O=C(NCc1cccnc1)c1ccc(CN2C(=O)CCn3nc(-c4ccccc4)cc32)cc1. The standard InChI is InChI=1S/C26H23N5O2/c32-25-12-14-31-24(15-23(29-31)21-6-2-1-3-7-21)30(25)18-19-8-10-22(11-9-19)26(33)28-17-20-5-4-13-27-16-20/h1-11,13,15-16H,12,14,17-18H2,(H,28,33). The zero-order valence-corrected chi connectivity index (χ0v) is 18.0. The van der Waals surface area contributed by atoms with E-state index in [9.17, 15) is 9.59 Å². The van der Waals surface area contributed by atoms with Crippen LogP contribution in [0.3, 0.4) is 0 Å². The number of aryl methyl sites for hydroxylation is 1. The van der Waals surface area contributed by atoms with Crippen LogP contribution in [0.2, 0.25) is 0 Å². The Hall–Kier alpha value is -4.26. The van der Waals surface area contributed by atoms with Gasteiger partial charge in [0.1, 0.15) is 5.82 Å². The van der Waals surface area contributed by atoms with Gasteiger partial charge in [0.05, 0.1) is 18.8 Å². The molecule has 2 aromatic heterocycles. The number of amides is 2. The van der Waals surface area contributed by atoms with Gasteiger partial charge in [-0.3, -0.25) is 19.5 Å². The minimum Gasteiger partial charge on any atom is -0.348 e. The number of hydrogen-bond acceptors (Lipinski definition) is 4. The molecule has 7 nitrogen and oxygen atoms in total. The van der Waals surface area contributed by atoms with Gasteiger partial charge in [0, 0.05) is 42.6 Å². The predicted octanol–water partition coefficient (Wildman–Crippen LogP) is 3.81. The summed E-state index contributed by atoms with van der Waals surface area (Å²) in [5, 5.41) is 7.59. The van der Waals surface area contributed by atoms with E-state index in [1.54, 1.807) is 29.4 Å². The van der Waals surface area contributed by atoms with E-state index in [0.29, 0.717) is 31.6 Å². The average Bonchev–Trinajstić information content (AvgIpc) is 3.31. The van der Waals surface area contributed by atoms with E-state index in [1.165, 1.54) is 0 Å². The van der Waals surface area contributed by atoms with Gasteiger partial charge in [-0.25, -0.2) is 4.68 Å². The van der Waals surface area contributed by atoms with Crippen molar-refractivity contribution in [1.82, 2.24) is 20.1 Å². The van der Waals surface area contributed by atoms with Crippen LogP contribution in [0.15, 0.2) is 85.2 Å². The molecule has 3 heterocycles. The van der Waals surface area contributed by atoms with Crippen LogP contribution in [0.4, 0.5) is 5.82 Å². The van der Waals surface area contributed by atoms with Crippen LogP contribution in [-0.2, 0) is 24.4 Å². The van der Waals surface area contributed by atoms with E-state index in [4.69, 9.17) is 5.10 Å². The quantitative estimate of drug-likeness (QED) is 0.497. The molecule has 0 atom stereocenters. The first-order chi connectivity index (χ1) is 16.2. The van der Waals surface area contributed by atoms with Crippen LogP contribution >= 0.6 is 0 Å². The monoisotopic (exact) mass is 437 g/mol. The third-order valence-electron chi connectivity index (χ3n) is 5.68. The van der Waals surface area contributed by atoms with E-state index >= 15 is 0 Å². The van der Waals surface area contributed by atoms with Crippen molar-refractivity contribution in [3.63, 3.8) is 0 Å². The van der Waals surface area contributed by atoms with Gasteiger partial charge >= 0.3 is 0 Å². The highest BCUT2D eigenvalue weighted by atomic mass is 16.2. The number of nitrogens with zero attached hydrogens (tertiary/aromatic N) is 4. The van der Waals surface area contributed by atoms with Crippen molar-refractivity contribution < 1.29 is 9.59 Å². The summed E-state index contributed by atoms with van der Waals surface area (Å²) < 4.78 is 1.89. The second-order valence-corrected chi connectivity index (χ2v) is 7.95. The molecule has 5 rings (SSSR count). The molecule has 33 heavy (non-hydrogen) atoms. The Morgan fingerprint density at radius 1 is 0.970 bits per heavy atom. The van der Waals surface area contributed by atoms with Crippen LogP contribution in [-0.4, -0.2) is 26.6 Å². The second kappa shape index (κ2) is 9.08. The van der Waals surface area contributed by atoms with E-state index < -0.39 is 0 Å². The topological polar surface area (TPSA) is 80.1 Å². The second-order valence-electron chi connectivity index (χ2n) is 7.95. The lowest BCUT2D eigenvalue weighted by Gasteiger charge is -2.27. The summed E-state index contributed by atoms with van der Waals surface area (Å²) >= 11 is 0. The summed E-state index contributed by atoms with van der Waals surface area (Å²) in [5.41, 5.74) is 4.34. The minimum atomic E-state index is -0.148. The molecule has 0 radical (unpaired) electrons. The maximum Gasteiger partial charge on any atom is 0.251 e. The Kier molecular flexibility index (Phi) is 5.68. The van der Waals surface area contributed by atoms with Crippen LogP contribution in [0.25, 0.3) is 11.3 Å². The highest BCUT2D eigenvalue weighted by molar-refractivity contribution is 5.95. The lowest BCUT2D eigenvalue weighted by molar-refractivity contribution is -0.119. The van der Waals surface area contributed by atoms with Crippen LogP contribution in [0, 0.1) is 0 Å². The molecule has 0 aliphatic carbocycles. The number of hydrogen-bond donors (Lipinski definition) is 1. The maximum absolute atomic E-state index is 12.7. The third kappa shape index (κ3) is 4.52. The summed E-state index contributed by atoms with van der Waals surface area (Å²) in [6.45, 7) is 1.42. The van der Waals surface area contributed by atoms with Crippen molar-refractivity contribution >= 4 is 17.6 Å². The number of benzene rings is 2. The van der Waals surface area contributed by atoms with Crippen molar-refractivity contribution in [2.75, 3.05) is 4.90 Å². The third-order valence-corrected chi connectivity index (χ3v) is 5.68.